The topological polar surface area (TPSA) is 41.6 Å². The molecule has 0 spiro atoms. The summed E-state index contributed by atoms with van der Waals surface area (Å²) in [6.45, 7) is 15.5. The van der Waals surface area contributed by atoms with Crippen LogP contribution in [-0.4, -0.2) is 41.8 Å². The van der Waals surface area contributed by atoms with Gasteiger partial charge in [-0.2, -0.15) is 0 Å². The van der Waals surface area contributed by atoms with Crippen molar-refractivity contribution in [2.75, 3.05) is 13.1 Å². The molecule has 0 aromatic carbocycles. The van der Waals surface area contributed by atoms with Crippen LogP contribution in [0.5, 0.6) is 0 Å². The van der Waals surface area contributed by atoms with Crippen LogP contribution in [0.1, 0.15) is 60.3 Å². The first kappa shape index (κ1) is 18.0. The highest BCUT2D eigenvalue weighted by Gasteiger charge is 2.31. The van der Waals surface area contributed by atoms with Gasteiger partial charge in [0.2, 0.25) is 0 Å². The second kappa shape index (κ2) is 7.83. The lowest BCUT2D eigenvalue weighted by Crippen LogP contribution is -2.48. The van der Waals surface area contributed by atoms with Crippen LogP contribution in [0.2, 0.25) is 0 Å². The van der Waals surface area contributed by atoms with Gasteiger partial charge in [-0.3, -0.25) is 0 Å². The maximum atomic E-state index is 12.3. The van der Waals surface area contributed by atoms with Crippen molar-refractivity contribution in [1.29, 1.82) is 0 Å². The van der Waals surface area contributed by atoms with E-state index in [2.05, 4.69) is 18.8 Å². The third kappa shape index (κ3) is 6.98. The summed E-state index contributed by atoms with van der Waals surface area (Å²) in [5.41, 5.74) is 0.706. The van der Waals surface area contributed by atoms with Crippen molar-refractivity contribution in [3.05, 3.63) is 12.2 Å². The molecule has 0 radical (unpaired) electrons. The van der Waals surface area contributed by atoms with Gasteiger partial charge in [0.1, 0.15) is 5.60 Å². The molecule has 4 heteroatoms. The zero-order valence-electron chi connectivity index (χ0n) is 14.4. The second-order valence-electron chi connectivity index (χ2n) is 7.30. The number of hydrogen-bond acceptors (Lipinski definition) is 3. The predicted octanol–water partition coefficient (Wildman–Crippen LogP) is 3.72. The minimum atomic E-state index is -0.428. The third-order valence-corrected chi connectivity index (χ3v) is 3.63. The largest absolute Gasteiger partial charge is 0.444 e. The maximum Gasteiger partial charge on any atom is 0.410 e. The van der Waals surface area contributed by atoms with Gasteiger partial charge in [-0.05, 0) is 60.3 Å². The Labute approximate surface area is 129 Å². The zero-order valence-corrected chi connectivity index (χ0v) is 14.4. The molecule has 0 aromatic heterocycles. The number of carbonyl (C=O) groups is 1. The average molecular weight is 296 g/mol. The van der Waals surface area contributed by atoms with E-state index in [4.69, 9.17) is 4.74 Å². The Bertz CT molecular complexity index is 360. The Morgan fingerprint density at radius 3 is 2.67 bits per heavy atom. The van der Waals surface area contributed by atoms with Crippen molar-refractivity contribution in [3.63, 3.8) is 0 Å². The van der Waals surface area contributed by atoms with Crippen LogP contribution in [0.4, 0.5) is 4.79 Å². The number of hydrogen-bond donors (Lipinski definition) is 1. The summed E-state index contributed by atoms with van der Waals surface area (Å²) in [6, 6.07) is 0.649. The summed E-state index contributed by atoms with van der Waals surface area (Å²) >= 11 is 0. The molecule has 1 amide bonds. The normalized spacial score (nSPS) is 21.0. The number of carbonyl (C=O) groups excluding carboxylic acids is 1. The van der Waals surface area contributed by atoms with Gasteiger partial charge >= 0.3 is 6.09 Å². The fourth-order valence-electron chi connectivity index (χ4n) is 2.65. The Morgan fingerprint density at radius 1 is 1.43 bits per heavy atom. The van der Waals surface area contributed by atoms with E-state index in [0.717, 1.165) is 37.9 Å². The van der Waals surface area contributed by atoms with Gasteiger partial charge in [-0.1, -0.05) is 12.2 Å². The van der Waals surface area contributed by atoms with E-state index in [0.29, 0.717) is 6.04 Å². The summed E-state index contributed by atoms with van der Waals surface area (Å²) < 4.78 is 5.54. The lowest BCUT2D eigenvalue weighted by molar-refractivity contribution is 0.00794. The second-order valence-corrected chi connectivity index (χ2v) is 7.30. The first-order valence-corrected chi connectivity index (χ1v) is 8.06. The highest BCUT2D eigenvalue weighted by atomic mass is 16.6. The Morgan fingerprint density at radius 2 is 2.10 bits per heavy atom. The summed E-state index contributed by atoms with van der Waals surface area (Å²) in [5, 5.41) is 3.46. The van der Waals surface area contributed by atoms with Crippen LogP contribution >= 0.6 is 0 Å². The zero-order chi connectivity index (χ0) is 16.0. The quantitative estimate of drug-likeness (QED) is 0.786. The maximum absolute atomic E-state index is 12.3. The molecule has 1 saturated heterocycles. The van der Waals surface area contributed by atoms with Gasteiger partial charge < -0.3 is 15.0 Å². The molecule has 2 atom stereocenters. The molecule has 0 saturated carbocycles. The van der Waals surface area contributed by atoms with E-state index < -0.39 is 5.60 Å². The fraction of sp³-hybridized carbons (Fsp3) is 0.824. The van der Waals surface area contributed by atoms with E-state index in [1.807, 2.05) is 32.6 Å². The number of amides is 1. The molecule has 1 N–H and O–H groups in total. The van der Waals surface area contributed by atoms with Crippen molar-refractivity contribution < 1.29 is 9.53 Å². The lowest BCUT2D eigenvalue weighted by atomic mass is 9.96. The molecule has 1 aliphatic heterocycles. The standard InChI is InChI=1S/C17H32N2O2/c1-13(2)12-18-14(3)11-15-9-7-8-10-19(15)16(20)21-17(4,5)6/h14-15,18H,1,7-12H2,2-6H3. The Balaban J connectivity index is 2.56. The molecule has 21 heavy (non-hydrogen) atoms. The molecular formula is C17H32N2O2. The molecule has 2 unspecified atom stereocenters. The molecule has 4 nitrogen and oxygen atoms in total. The SMILES string of the molecule is C=C(C)CNC(C)CC1CCCCN1C(=O)OC(C)(C)C. The van der Waals surface area contributed by atoms with Crippen LogP contribution in [0.15, 0.2) is 12.2 Å². The summed E-state index contributed by atoms with van der Waals surface area (Å²) in [7, 11) is 0. The van der Waals surface area contributed by atoms with Crippen molar-refractivity contribution in [3.8, 4) is 0 Å². The average Bonchev–Trinajstić information content (AvgIpc) is 2.35. The first-order valence-electron chi connectivity index (χ1n) is 8.06. The van der Waals surface area contributed by atoms with Crippen molar-refractivity contribution in [2.45, 2.75) is 78.0 Å². The number of ether oxygens (including phenoxy) is 1. The molecule has 1 rings (SSSR count). The minimum absolute atomic E-state index is 0.167. The van der Waals surface area contributed by atoms with Gasteiger partial charge in [0.15, 0.2) is 0 Å². The van der Waals surface area contributed by atoms with E-state index >= 15 is 0 Å². The molecular weight excluding hydrogens is 264 g/mol. The summed E-state index contributed by atoms with van der Waals surface area (Å²) in [5.74, 6) is 0. The Kier molecular flexibility index (Phi) is 6.72. The van der Waals surface area contributed by atoms with Crippen molar-refractivity contribution >= 4 is 6.09 Å². The van der Waals surface area contributed by atoms with Crippen LogP contribution in [0, 0.1) is 0 Å². The smallest absolute Gasteiger partial charge is 0.410 e. The van der Waals surface area contributed by atoms with E-state index in [1.54, 1.807) is 0 Å². The van der Waals surface area contributed by atoms with Crippen LogP contribution in [0.3, 0.4) is 0 Å². The number of likely N-dealkylation sites (tertiary alicyclic amines) is 1. The molecule has 0 aromatic rings. The van der Waals surface area contributed by atoms with Gasteiger partial charge in [-0.15, -0.1) is 0 Å². The molecule has 1 fully saturated rings. The van der Waals surface area contributed by atoms with E-state index in [1.165, 1.54) is 6.42 Å². The molecule has 1 heterocycles. The summed E-state index contributed by atoms with van der Waals surface area (Å²) in [4.78, 5) is 14.3. The monoisotopic (exact) mass is 296 g/mol. The number of piperidine rings is 1. The highest BCUT2D eigenvalue weighted by molar-refractivity contribution is 5.68. The molecule has 0 bridgehead atoms. The third-order valence-electron chi connectivity index (χ3n) is 3.63. The molecule has 122 valence electrons. The van der Waals surface area contributed by atoms with Crippen LogP contribution < -0.4 is 5.32 Å². The van der Waals surface area contributed by atoms with Crippen LogP contribution in [0.25, 0.3) is 0 Å². The van der Waals surface area contributed by atoms with Crippen molar-refractivity contribution in [1.82, 2.24) is 10.2 Å². The van der Waals surface area contributed by atoms with E-state index in [-0.39, 0.29) is 12.1 Å². The lowest BCUT2D eigenvalue weighted by Gasteiger charge is -2.38. The Hall–Kier alpha value is -1.03. The van der Waals surface area contributed by atoms with Gasteiger partial charge in [0.25, 0.3) is 0 Å². The van der Waals surface area contributed by atoms with Crippen LogP contribution in [-0.2, 0) is 4.74 Å². The predicted molar refractivity (Wildman–Crippen MR) is 87.5 cm³/mol. The highest BCUT2D eigenvalue weighted by Crippen LogP contribution is 2.23. The molecule has 0 aliphatic carbocycles. The number of rotatable bonds is 5. The minimum Gasteiger partial charge on any atom is -0.444 e. The summed E-state index contributed by atoms with van der Waals surface area (Å²) in [6.07, 6.45) is 4.13. The first-order chi connectivity index (χ1) is 9.69. The number of nitrogens with zero attached hydrogens (tertiary/aromatic N) is 1. The fourth-order valence-corrected chi connectivity index (χ4v) is 2.65. The van der Waals surface area contributed by atoms with E-state index in [9.17, 15) is 4.79 Å². The van der Waals surface area contributed by atoms with Gasteiger partial charge in [0.05, 0.1) is 0 Å². The number of nitrogens with one attached hydrogen (secondary N) is 1. The van der Waals surface area contributed by atoms with Crippen molar-refractivity contribution in [2.24, 2.45) is 0 Å². The molecule has 1 aliphatic rings. The van der Waals surface area contributed by atoms with Gasteiger partial charge in [-0.25, -0.2) is 4.79 Å². The van der Waals surface area contributed by atoms with Gasteiger partial charge in [0, 0.05) is 25.2 Å².